The van der Waals surface area contributed by atoms with Gasteiger partial charge in [0, 0.05) is 6.42 Å². The number of nitrogens with two attached hydrogens (primary N) is 1. The van der Waals surface area contributed by atoms with Crippen LogP contribution in [-0.2, 0) is 19.5 Å². The Hall–Kier alpha value is -4.29. The largest absolute Gasteiger partial charge is 0.497 e. The van der Waals surface area contributed by atoms with Gasteiger partial charge in [-0.15, -0.1) is 0 Å². The molecular weight excluding hydrogens is 623 g/mol. The monoisotopic (exact) mass is 667 g/mol. The van der Waals surface area contributed by atoms with Crippen molar-refractivity contribution < 1.29 is 23.4 Å². The average molecular weight is 668 g/mol. The van der Waals surface area contributed by atoms with Crippen molar-refractivity contribution in [1.82, 2.24) is 19.5 Å². The SMILES string of the molecule is COc1ccc(C(OC[C@H]2O[C@@H](n3cnc4c(N)ncnc43)C[C@@H]2O[Si](C)(C)C(C)(C)C)(c2ccccc2)c2ccc(OC)cc2)cc1. The molecule has 3 heterocycles. The second-order valence-corrected chi connectivity index (χ2v) is 18.4. The molecule has 5 aromatic rings. The molecule has 3 aromatic carbocycles. The maximum atomic E-state index is 7.28. The normalized spacial score (nSPS) is 18.7. The zero-order chi connectivity index (χ0) is 34.1. The Labute approximate surface area is 283 Å². The number of anilines is 1. The fourth-order valence-corrected chi connectivity index (χ4v) is 7.42. The van der Waals surface area contributed by atoms with E-state index in [0.717, 1.165) is 28.2 Å². The average Bonchev–Trinajstić information content (AvgIpc) is 3.70. The van der Waals surface area contributed by atoms with Gasteiger partial charge in [-0.3, -0.25) is 4.57 Å². The van der Waals surface area contributed by atoms with Gasteiger partial charge in [0.2, 0.25) is 0 Å². The standard InChI is InChI=1S/C37H45N5O5Si/c1-36(2,3)48(6,7)47-30-21-32(42-24-41-33-34(38)39-23-40-35(33)42)46-31(30)22-45-37(25-11-9-8-10-12-25,26-13-17-28(43-4)18-14-26)27-15-19-29(44-5)20-16-27/h8-20,23-24,30-32H,21-22H2,1-7H3,(H2,38,39,40)/t30-,31+,32+/m0/s1. The van der Waals surface area contributed by atoms with E-state index >= 15 is 0 Å². The summed E-state index contributed by atoms with van der Waals surface area (Å²) in [6.07, 6.45) is 2.73. The Morgan fingerprint density at radius 3 is 1.98 bits per heavy atom. The van der Waals surface area contributed by atoms with E-state index in [-0.39, 0.29) is 24.0 Å². The van der Waals surface area contributed by atoms with Gasteiger partial charge >= 0.3 is 0 Å². The fraction of sp³-hybridized carbons (Fsp3) is 0.378. The molecule has 1 fully saturated rings. The first-order valence-electron chi connectivity index (χ1n) is 16.2. The third-order valence-electron chi connectivity index (χ3n) is 9.77. The molecule has 2 N–H and O–H groups in total. The molecule has 0 saturated carbocycles. The number of methoxy groups -OCH3 is 2. The summed E-state index contributed by atoms with van der Waals surface area (Å²) in [7, 11) is 1.12. The van der Waals surface area contributed by atoms with Crippen LogP contribution in [0.15, 0.2) is 91.5 Å². The van der Waals surface area contributed by atoms with Gasteiger partial charge in [0.05, 0.1) is 33.3 Å². The highest BCUT2D eigenvalue weighted by Gasteiger charge is 2.47. The number of rotatable bonds is 11. The molecule has 11 heteroatoms. The van der Waals surface area contributed by atoms with Crippen LogP contribution in [0.3, 0.4) is 0 Å². The minimum atomic E-state index is -2.21. The molecule has 0 spiro atoms. The lowest BCUT2D eigenvalue weighted by Crippen LogP contribution is -2.47. The molecule has 1 aliphatic heterocycles. The number of hydrogen-bond donors (Lipinski definition) is 1. The molecule has 0 bridgehead atoms. The topological polar surface area (TPSA) is 116 Å². The second-order valence-electron chi connectivity index (χ2n) is 13.7. The maximum absolute atomic E-state index is 7.28. The Morgan fingerprint density at radius 2 is 1.42 bits per heavy atom. The van der Waals surface area contributed by atoms with E-state index in [9.17, 15) is 0 Å². The minimum absolute atomic E-state index is 0.000141. The zero-order valence-electron chi connectivity index (χ0n) is 28.7. The van der Waals surface area contributed by atoms with Crippen LogP contribution in [0.2, 0.25) is 18.1 Å². The Bertz CT molecular complexity index is 1780. The predicted octanol–water partition coefficient (Wildman–Crippen LogP) is 7.11. The van der Waals surface area contributed by atoms with Crippen LogP contribution < -0.4 is 15.2 Å². The molecule has 0 aliphatic carbocycles. The Balaban J connectivity index is 1.43. The van der Waals surface area contributed by atoms with Crippen molar-refractivity contribution in [3.8, 4) is 11.5 Å². The third kappa shape index (κ3) is 6.30. The van der Waals surface area contributed by atoms with E-state index < -0.39 is 20.0 Å². The summed E-state index contributed by atoms with van der Waals surface area (Å²) >= 11 is 0. The molecule has 6 rings (SSSR count). The summed E-state index contributed by atoms with van der Waals surface area (Å²) in [6.45, 7) is 11.5. The number of imidazole rings is 1. The van der Waals surface area contributed by atoms with Gasteiger partial charge in [-0.1, -0.05) is 75.4 Å². The molecule has 48 heavy (non-hydrogen) atoms. The van der Waals surface area contributed by atoms with Crippen LogP contribution in [0.1, 0.15) is 50.1 Å². The number of fused-ring (bicyclic) bond motifs is 1. The van der Waals surface area contributed by atoms with Gasteiger partial charge in [0.1, 0.15) is 41.3 Å². The molecule has 10 nitrogen and oxygen atoms in total. The van der Waals surface area contributed by atoms with Crippen LogP contribution in [0, 0.1) is 0 Å². The van der Waals surface area contributed by atoms with E-state index in [1.54, 1.807) is 20.5 Å². The van der Waals surface area contributed by atoms with Crippen LogP contribution >= 0.6 is 0 Å². The molecule has 0 unspecified atom stereocenters. The smallest absolute Gasteiger partial charge is 0.192 e. The van der Waals surface area contributed by atoms with Crippen LogP contribution in [0.25, 0.3) is 11.2 Å². The van der Waals surface area contributed by atoms with Crippen molar-refractivity contribution >= 4 is 25.3 Å². The number of ether oxygens (including phenoxy) is 4. The molecule has 3 atom stereocenters. The van der Waals surface area contributed by atoms with E-state index in [0.29, 0.717) is 23.4 Å². The van der Waals surface area contributed by atoms with Crippen molar-refractivity contribution in [1.29, 1.82) is 0 Å². The fourth-order valence-electron chi connectivity index (χ4n) is 6.06. The Kier molecular flexibility index (Phi) is 9.32. The maximum Gasteiger partial charge on any atom is 0.192 e. The molecule has 1 saturated heterocycles. The number of aromatic nitrogens is 4. The summed E-state index contributed by atoms with van der Waals surface area (Å²) < 4.78 is 34.2. The summed E-state index contributed by atoms with van der Waals surface area (Å²) in [5, 5.41) is -0.000141. The van der Waals surface area contributed by atoms with Crippen molar-refractivity contribution in [2.45, 2.75) is 69.4 Å². The highest BCUT2D eigenvalue weighted by atomic mass is 28.4. The van der Waals surface area contributed by atoms with Crippen LogP contribution in [0.4, 0.5) is 5.82 Å². The number of hydrogen-bond acceptors (Lipinski definition) is 9. The van der Waals surface area contributed by atoms with Gasteiger partial charge in [0.25, 0.3) is 0 Å². The highest BCUT2D eigenvalue weighted by molar-refractivity contribution is 6.74. The number of nitrogen functional groups attached to an aromatic ring is 1. The first kappa shape index (κ1) is 33.6. The number of benzene rings is 3. The van der Waals surface area contributed by atoms with Gasteiger partial charge in [-0.25, -0.2) is 15.0 Å². The van der Waals surface area contributed by atoms with Crippen molar-refractivity contribution in [3.63, 3.8) is 0 Å². The van der Waals surface area contributed by atoms with E-state index in [1.165, 1.54) is 6.33 Å². The quantitative estimate of drug-likeness (QED) is 0.116. The molecule has 0 amide bonds. The summed E-state index contributed by atoms with van der Waals surface area (Å²) in [6, 6.07) is 26.3. The highest BCUT2D eigenvalue weighted by Crippen LogP contribution is 2.45. The predicted molar refractivity (Wildman–Crippen MR) is 189 cm³/mol. The summed E-state index contributed by atoms with van der Waals surface area (Å²) in [5.41, 5.74) is 9.17. The first-order valence-corrected chi connectivity index (χ1v) is 19.1. The minimum Gasteiger partial charge on any atom is -0.497 e. The van der Waals surface area contributed by atoms with Crippen LogP contribution in [-0.4, -0.2) is 60.9 Å². The molecule has 252 valence electrons. The van der Waals surface area contributed by atoms with E-state index in [1.807, 2.05) is 47.0 Å². The lowest BCUT2D eigenvalue weighted by molar-refractivity contribution is -0.0914. The second kappa shape index (κ2) is 13.3. The first-order chi connectivity index (χ1) is 23.0. The van der Waals surface area contributed by atoms with E-state index in [4.69, 9.17) is 29.1 Å². The van der Waals surface area contributed by atoms with Crippen molar-refractivity contribution in [3.05, 3.63) is 108 Å². The molecule has 2 aromatic heterocycles. The molecule has 1 aliphatic rings. The Morgan fingerprint density at radius 1 is 0.833 bits per heavy atom. The summed E-state index contributed by atoms with van der Waals surface area (Å²) in [5.74, 6) is 1.85. The van der Waals surface area contributed by atoms with Gasteiger partial charge in [-0.2, -0.15) is 0 Å². The number of nitrogens with zero attached hydrogens (tertiary/aromatic N) is 4. The summed E-state index contributed by atoms with van der Waals surface area (Å²) in [4.78, 5) is 13.1. The van der Waals surface area contributed by atoms with Gasteiger partial charge in [-0.05, 0) is 59.1 Å². The van der Waals surface area contributed by atoms with E-state index in [2.05, 4.69) is 85.2 Å². The van der Waals surface area contributed by atoms with Gasteiger partial charge < -0.3 is 29.1 Å². The lowest BCUT2D eigenvalue weighted by atomic mass is 9.80. The van der Waals surface area contributed by atoms with Crippen molar-refractivity contribution in [2.24, 2.45) is 0 Å². The lowest BCUT2D eigenvalue weighted by Gasteiger charge is -2.40. The van der Waals surface area contributed by atoms with Crippen LogP contribution in [0.5, 0.6) is 11.5 Å². The molecular formula is C37H45N5O5Si. The molecule has 0 radical (unpaired) electrons. The van der Waals surface area contributed by atoms with Crippen molar-refractivity contribution in [2.75, 3.05) is 26.6 Å². The van der Waals surface area contributed by atoms with Gasteiger partial charge in [0.15, 0.2) is 19.8 Å². The third-order valence-corrected chi connectivity index (χ3v) is 14.3. The zero-order valence-corrected chi connectivity index (χ0v) is 29.7.